The summed E-state index contributed by atoms with van der Waals surface area (Å²) in [5, 5.41) is 13.8. The van der Waals surface area contributed by atoms with E-state index in [0.29, 0.717) is 13.1 Å². The molecule has 2 aromatic rings. The van der Waals surface area contributed by atoms with Gasteiger partial charge in [0.05, 0.1) is 17.9 Å². The van der Waals surface area contributed by atoms with E-state index < -0.39 is 6.09 Å². The van der Waals surface area contributed by atoms with E-state index >= 15 is 0 Å². The first-order chi connectivity index (χ1) is 9.87. The summed E-state index contributed by atoms with van der Waals surface area (Å²) in [6.45, 7) is 4.69. The van der Waals surface area contributed by atoms with Crippen LogP contribution in [-0.2, 0) is 12.0 Å². The fraction of sp³-hybridized carbons (Fsp3) is 0.333. The highest BCUT2D eigenvalue weighted by molar-refractivity contribution is 5.66. The van der Waals surface area contributed by atoms with Crippen molar-refractivity contribution in [2.24, 2.45) is 0 Å². The number of halogens is 1. The maximum absolute atomic E-state index is 13.0. The van der Waals surface area contributed by atoms with E-state index in [1.54, 1.807) is 16.8 Å². The highest BCUT2D eigenvalue weighted by atomic mass is 19.1. The number of nitrogens with zero attached hydrogens (tertiary/aromatic N) is 3. The van der Waals surface area contributed by atoms with Crippen molar-refractivity contribution < 1.29 is 14.3 Å². The van der Waals surface area contributed by atoms with Gasteiger partial charge in [-0.15, -0.1) is 0 Å². The number of carbonyl (C=O) groups is 1. The molecule has 0 fully saturated rings. The third kappa shape index (κ3) is 2.37. The fourth-order valence-electron chi connectivity index (χ4n) is 2.77. The predicted molar refractivity (Wildman–Crippen MR) is 75.0 cm³/mol. The maximum Gasteiger partial charge on any atom is 0.407 e. The second-order valence-corrected chi connectivity index (χ2v) is 5.95. The lowest BCUT2D eigenvalue weighted by Gasteiger charge is -2.35. The number of aromatic nitrogens is 2. The summed E-state index contributed by atoms with van der Waals surface area (Å²) in [5.74, 6) is -0.298. The van der Waals surface area contributed by atoms with Crippen molar-refractivity contribution >= 4 is 6.09 Å². The lowest BCUT2D eigenvalue weighted by molar-refractivity contribution is 0.124. The van der Waals surface area contributed by atoms with Crippen molar-refractivity contribution in [2.45, 2.75) is 25.8 Å². The number of hydrogen-bond acceptors (Lipinski definition) is 2. The predicted octanol–water partition coefficient (Wildman–Crippen LogP) is 2.78. The monoisotopic (exact) mass is 289 g/mol. The molecule has 0 unspecified atom stereocenters. The van der Waals surface area contributed by atoms with Crippen molar-refractivity contribution in [3.63, 3.8) is 0 Å². The highest BCUT2D eigenvalue weighted by Crippen LogP contribution is 2.32. The van der Waals surface area contributed by atoms with E-state index in [0.717, 1.165) is 16.9 Å². The molecule has 6 heteroatoms. The van der Waals surface area contributed by atoms with E-state index in [9.17, 15) is 14.3 Å². The van der Waals surface area contributed by atoms with Gasteiger partial charge in [-0.1, -0.05) is 13.8 Å². The normalized spacial score (nSPS) is 16.6. The quantitative estimate of drug-likeness (QED) is 0.878. The molecule has 0 atom stereocenters. The van der Waals surface area contributed by atoms with Gasteiger partial charge in [-0.25, -0.2) is 13.9 Å². The summed E-state index contributed by atoms with van der Waals surface area (Å²) in [7, 11) is 0. The Kier molecular flexibility index (Phi) is 2.97. The zero-order valence-electron chi connectivity index (χ0n) is 11.9. The van der Waals surface area contributed by atoms with E-state index in [1.165, 1.54) is 17.0 Å². The molecular formula is C15H16FN3O2. The molecule has 1 amide bonds. The molecule has 0 aliphatic carbocycles. The van der Waals surface area contributed by atoms with Crippen molar-refractivity contribution in [1.29, 1.82) is 0 Å². The third-order valence-corrected chi connectivity index (χ3v) is 3.74. The third-order valence-electron chi connectivity index (χ3n) is 3.74. The molecule has 110 valence electrons. The smallest absolute Gasteiger partial charge is 0.407 e. The Morgan fingerprint density at radius 1 is 1.33 bits per heavy atom. The van der Waals surface area contributed by atoms with Gasteiger partial charge in [0.25, 0.3) is 0 Å². The van der Waals surface area contributed by atoms with Crippen LogP contribution >= 0.6 is 0 Å². The molecule has 0 spiro atoms. The van der Waals surface area contributed by atoms with Gasteiger partial charge in [-0.3, -0.25) is 0 Å². The molecule has 5 nitrogen and oxygen atoms in total. The van der Waals surface area contributed by atoms with Crippen LogP contribution in [0.25, 0.3) is 5.69 Å². The Morgan fingerprint density at radius 2 is 2.00 bits per heavy atom. The topological polar surface area (TPSA) is 58.4 Å². The minimum Gasteiger partial charge on any atom is -0.465 e. The Morgan fingerprint density at radius 3 is 2.62 bits per heavy atom. The van der Waals surface area contributed by atoms with E-state index in [4.69, 9.17) is 0 Å². The number of hydrogen-bond donors (Lipinski definition) is 1. The van der Waals surface area contributed by atoms with Gasteiger partial charge in [0.2, 0.25) is 0 Å². The van der Waals surface area contributed by atoms with Gasteiger partial charge in [0.1, 0.15) is 5.82 Å². The molecule has 1 aromatic carbocycles. The Balaban J connectivity index is 2.02. The van der Waals surface area contributed by atoms with Crippen LogP contribution in [-0.4, -0.2) is 32.4 Å². The minimum absolute atomic E-state index is 0.298. The maximum atomic E-state index is 13.0. The first-order valence-electron chi connectivity index (χ1n) is 6.70. The molecule has 1 N–H and O–H groups in total. The molecule has 1 aliphatic rings. The summed E-state index contributed by atoms with van der Waals surface area (Å²) in [4.78, 5) is 12.6. The molecule has 0 bridgehead atoms. The van der Waals surface area contributed by atoms with Crippen LogP contribution in [0.1, 0.15) is 25.1 Å². The van der Waals surface area contributed by atoms with Crippen molar-refractivity contribution in [1.82, 2.24) is 14.7 Å². The zero-order valence-corrected chi connectivity index (χ0v) is 11.9. The van der Waals surface area contributed by atoms with Gasteiger partial charge >= 0.3 is 6.09 Å². The van der Waals surface area contributed by atoms with Crippen LogP contribution in [0.2, 0.25) is 0 Å². The Bertz CT molecular complexity index is 691. The number of benzene rings is 1. The molecule has 0 saturated heterocycles. The average Bonchev–Trinajstić information content (AvgIpc) is 2.84. The van der Waals surface area contributed by atoms with Crippen LogP contribution in [0.5, 0.6) is 0 Å². The van der Waals surface area contributed by atoms with Crippen LogP contribution in [0, 0.1) is 5.82 Å². The summed E-state index contributed by atoms with van der Waals surface area (Å²) in [5.41, 5.74) is 2.18. The Hall–Kier alpha value is -2.37. The highest BCUT2D eigenvalue weighted by Gasteiger charge is 2.36. The van der Waals surface area contributed by atoms with Crippen molar-refractivity contribution in [2.75, 3.05) is 6.54 Å². The first-order valence-corrected chi connectivity index (χ1v) is 6.70. The molecule has 1 aliphatic heterocycles. The average molecular weight is 289 g/mol. The van der Waals surface area contributed by atoms with Crippen LogP contribution in [0.3, 0.4) is 0 Å². The van der Waals surface area contributed by atoms with Crippen molar-refractivity contribution in [3.8, 4) is 5.69 Å². The van der Waals surface area contributed by atoms with E-state index in [2.05, 4.69) is 5.10 Å². The summed E-state index contributed by atoms with van der Waals surface area (Å²) in [6, 6.07) is 6.06. The lowest BCUT2D eigenvalue weighted by atomic mass is 9.83. The molecule has 2 heterocycles. The number of fused-ring (bicyclic) bond motifs is 1. The van der Waals surface area contributed by atoms with Gasteiger partial charge in [0.15, 0.2) is 0 Å². The van der Waals surface area contributed by atoms with Crippen LogP contribution in [0.15, 0.2) is 30.5 Å². The van der Waals surface area contributed by atoms with Gasteiger partial charge < -0.3 is 10.0 Å². The summed E-state index contributed by atoms with van der Waals surface area (Å²) < 4.78 is 14.7. The first kappa shape index (κ1) is 13.6. The summed E-state index contributed by atoms with van der Waals surface area (Å²) in [6.07, 6.45) is 0.891. The zero-order chi connectivity index (χ0) is 15.2. The SMILES string of the molecule is CC1(C)CN(C(=O)O)Cc2cn(-c3ccc(F)cc3)nc21. The number of rotatable bonds is 1. The molecule has 0 radical (unpaired) electrons. The number of carboxylic acid groups (broad SMARTS) is 1. The molecule has 3 rings (SSSR count). The number of amides is 1. The lowest BCUT2D eigenvalue weighted by Crippen LogP contribution is -2.44. The Labute approximate surface area is 121 Å². The van der Waals surface area contributed by atoms with Crippen molar-refractivity contribution in [3.05, 3.63) is 47.5 Å². The van der Waals surface area contributed by atoms with Gasteiger partial charge in [0, 0.05) is 23.7 Å². The summed E-state index contributed by atoms with van der Waals surface area (Å²) >= 11 is 0. The molecule has 0 saturated carbocycles. The van der Waals surface area contributed by atoms with Gasteiger partial charge in [-0.05, 0) is 24.3 Å². The molecular weight excluding hydrogens is 273 g/mol. The van der Waals surface area contributed by atoms with Crippen LogP contribution < -0.4 is 0 Å². The molecule has 1 aromatic heterocycles. The largest absolute Gasteiger partial charge is 0.465 e. The van der Waals surface area contributed by atoms with E-state index in [1.807, 2.05) is 20.0 Å². The standard InChI is InChI=1S/C15H16FN3O2/c1-15(2)9-18(14(20)21)7-10-8-19(17-13(10)15)12-5-3-11(16)4-6-12/h3-6,8H,7,9H2,1-2H3,(H,20,21). The second-order valence-electron chi connectivity index (χ2n) is 5.95. The van der Waals surface area contributed by atoms with E-state index in [-0.39, 0.29) is 11.2 Å². The van der Waals surface area contributed by atoms with Gasteiger partial charge in [-0.2, -0.15) is 5.10 Å². The molecule has 21 heavy (non-hydrogen) atoms. The van der Waals surface area contributed by atoms with Crippen LogP contribution in [0.4, 0.5) is 9.18 Å². The minimum atomic E-state index is -0.928. The second kappa shape index (κ2) is 4.58. The fourth-order valence-corrected chi connectivity index (χ4v) is 2.77.